The van der Waals surface area contributed by atoms with E-state index in [2.05, 4.69) is 41.6 Å². The Bertz CT molecular complexity index is 813. The Morgan fingerprint density at radius 2 is 1.81 bits per heavy atom. The van der Waals surface area contributed by atoms with Gasteiger partial charge in [0, 0.05) is 8.95 Å². The molecule has 0 radical (unpaired) electrons. The lowest BCUT2D eigenvalue weighted by atomic mass is 10.4. The van der Waals surface area contributed by atoms with E-state index in [4.69, 9.17) is 23.2 Å². The molecule has 0 atom stereocenters. The second-order valence-electron chi connectivity index (χ2n) is 4.07. The molecule has 2 rings (SSSR count). The van der Waals surface area contributed by atoms with Gasteiger partial charge in [0.25, 0.3) is 10.0 Å². The molecule has 0 aliphatic carbocycles. The molecule has 0 amide bonds. The van der Waals surface area contributed by atoms with Crippen LogP contribution < -0.4 is 4.72 Å². The van der Waals surface area contributed by atoms with E-state index in [1.54, 1.807) is 19.1 Å². The summed E-state index contributed by atoms with van der Waals surface area (Å²) in [6.45, 7) is 1.66. The zero-order valence-corrected chi connectivity index (χ0v) is 16.0. The van der Waals surface area contributed by atoms with Gasteiger partial charge >= 0.3 is 0 Å². The fourth-order valence-corrected chi connectivity index (χ4v) is 4.48. The van der Waals surface area contributed by atoms with Gasteiger partial charge in [-0.05, 0) is 47.1 Å². The number of benzene rings is 1. The number of hydrogen-bond acceptors (Lipinski definition) is 3. The number of aryl methyl sites for hydroxylation is 1. The van der Waals surface area contributed by atoms with E-state index in [-0.39, 0.29) is 15.7 Å². The normalized spacial score (nSPS) is 11.5. The van der Waals surface area contributed by atoms with Crippen molar-refractivity contribution in [2.24, 2.45) is 0 Å². The first-order chi connectivity index (χ1) is 9.70. The summed E-state index contributed by atoms with van der Waals surface area (Å²) >= 11 is 18.3. The Balaban J connectivity index is 2.47. The van der Waals surface area contributed by atoms with Crippen molar-refractivity contribution in [2.75, 3.05) is 4.72 Å². The molecule has 0 fully saturated rings. The first kappa shape index (κ1) is 17.0. The third-order valence-corrected chi connectivity index (χ3v) is 6.02. The topological polar surface area (TPSA) is 59.1 Å². The maximum Gasteiger partial charge on any atom is 0.264 e. The number of sulfonamides is 1. The molecule has 0 aliphatic heterocycles. The monoisotopic (exact) mass is 472 g/mol. The third-order valence-electron chi connectivity index (χ3n) is 2.52. The largest absolute Gasteiger partial charge is 0.264 e. The zero-order chi connectivity index (χ0) is 15.8. The predicted molar refractivity (Wildman–Crippen MR) is 91.6 cm³/mol. The summed E-state index contributed by atoms with van der Waals surface area (Å²) in [5.41, 5.74) is 0.479. The molecular formula is C12H8Br2Cl2N2O2S. The van der Waals surface area contributed by atoms with Gasteiger partial charge in [-0.25, -0.2) is 13.4 Å². The van der Waals surface area contributed by atoms with Crippen LogP contribution in [0.25, 0.3) is 0 Å². The van der Waals surface area contributed by atoms with E-state index in [0.29, 0.717) is 19.7 Å². The van der Waals surface area contributed by atoms with Crippen molar-refractivity contribution < 1.29 is 8.42 Å². The van der Waals surface area contributed by atoms with Gasteiger partial charge in [-0.2, -0.15) is 0 Å². The minimum absolute atomic E-state index is 0.0328. The summed E-state index contributed by atoms with van der Waals surface area (Å²) in [5, 5.41) is 0.492. The van der Waals surface area contributed by atoms with Gasteiger partial charge in [0.2, 0.25) is 0 Å². The Labute approximate surface area is 149 Å². The van der Waals surface area contributed by atoms with Crippen molar-refractivity contribution in [3.63, 3.8) is 0 Å². The number of aromatic nitrogens is 1. The molecule has 0 saturated carbocycles. The van der Waals surface area contributed by atoms with Gasteiger partial charge in [-0.3, -0.25) is 4.72 Å². The van der Waals surface area contributed by atoms with Crippen LogP contribution in [-0.2, 0) is 10.0 Å². The van der Waals surface area contributed by atoms with Gasteiger partial charge < -0.3 is 0 Å². The quantitative estimate of drug-likeness (QED) is 0.679. The molecule has 1 aromatic heterocycles. The Morgan fingerprint density at radius 1 is 1.14 bits per heavy atom. The molecule has 4 nitrogen and oxygen atoms in total. The van der Waals surface area contributed by atoms with Crippen molar-refractivity contribution in [2.45, 2.75) is 11.8 Å². The Morgan fingerprint density at radius 3 is 2.48 bits per heavy atom. The smallest absolute Gasteiger partial charge is 0.262 e. The van der Waals surface area contributed by atoms with Crippen LogP contribution in [0.3, 0.4) is 0 Å². The highest BCUT2D eigenvalue weighted by atomic mass is 79.9. The van der Waals surface area contributed by atoms with Crippen LogP contribution in [0, 0.1) is 6.92 Å². The molecule has 2 aromatic rings. The number of nitrogens with one attached hydrogen (secondary N) is 1. The van der Waals surface area contributed by atoms with E-state index < -0.39 is 10.0 Å². The van der Waals surface area contributed by atoms with Crippen molar-refractivity contribution in [1.29, 1.82) is 0 Å². The van der Waals surface area contributed by atoms with Crippen LogP contribution in [0.1, 0.15) is 5.69 Å². The molecule has 0 bridgehead atoms. The molecule has 1 aromatic carbocycles. The van der Waals surface area contributed by atoms with Crippen molar-refractivity contribution in [1.82, 2.24) is 4.98 Å². The van der Waals surface area contributed by atoms with Gasteiger partial charge in [0.1, 0.15) is 4.90 Å². The number of hydrogen-bond donors (Lipinski definition) is 1. The number of halogens is 4. The fourth-order valence-electron chi connectivity index (χ4n) is 1.50. The fraction of sp³-hybridized carbons (Fsp3) is 0.0833. The molecule has 0 saturated heterocycles. The van der Waals surface area contributed by atoms with Crippen LogP contribution in [0.15, 0.2) is 38.1 Å². The minimum atomic E-state index is -3.84. The molecule has 0 spiro atoms. The van der Waals surface area contributed by atoms with Crippen molar-refractivity contribution in [3.05, 3.63) is 49.0 Å². The lowest BCUT2D eigenvalue weighted by Crippen LogP contribution is -2.15. The number of nitrogens with zero attached hydrogens (tertiary/aromatic N) is 1. The molecule has 0 unspecified atom stereocenters. The summed E-state index contributed by atoms with van der Waals surface area (Å²) < 4.78 is 28.3. The summed E-state index contributed by atoms with van der Waals surface area (Å²) in [6, 6.07) is 6.27. The molecule has 9 heteroatoms. The SMILES string of the molecule is Cc1nc(NS(=O)(=O)c2cc(Br)ccc2Br)c(Cl)cc1Cl. The highest BCUT2D eigenvalue weighted by Crippen LogP contribution is 2.30. The van der Waals surface area contributed by atoms with Crippen molar-refractivity contribution >= 4 is 70.9 Å². The lowest BCUT2D eigenvalue weighted by Gasteiger charge is -2.11. The molecule has 21 heavy (non-hydrogen) atoms. The Kier molecular flexibility index (Phi) is 5.20. The van der Waals surface area contributed by atoms with Crippen LogP contribution in [-0.4, -0.2) is 13.4 Å². The van der Waals surface area contributed by atoms with Crippen LogP contribution >= 0.6 is 55.1 Å². The molecular weight excluding hydrogens is 467 g/mol. The van der Waals surface area contributed by atoms with E-state index in [1.807, 2.05) is 0 Å². The van der Waals surface area contributed by atoms with E-state index >= 15 is 0 Å². The van der Waals surface area contributed by atoms with Gasteiger partial charge in [0.15, 0.2) is 5.82 Å². The summed E-state index contributed by atoms with van der Waals surface area (Å²) in [5.74, 6) is 0.0328. The zero-order valence-electron chi connectivity index (χ0n) is 10.5. The number of anilines is 1. The summed E-state index contributed by atoms with van der Waals surface area (Å²) in [4.78, 5) is 4.13. The van der Waals surface area contributed by atoms with E-state index in [0.717, 1.165) is 0 Å². The first-order valence-corrected chi connectivity index (χ1v) is 9.34. The van der Waals surface area contributed by atoms with Gasteiger partial charge in [-0.1, -0.05) is 39.1 Å². The predicted octanol–water partition coefficient (Wildman–Crippen LogP) is 5.02. The average molecular weight is 475 g/mol. The minimum Gasteiger partial charge on any atom is -0.262 e. The highest BCUT2D eigenvalue weighted by molar-refractivity contribution is 9.11. The molecule has 112 valence electrons. The number of rotatable bonds is 3. The number of pyridine rings is 1. The lowest BCUT2D eigenvalue weighted by molar-refractivity contribution is 0.600. The Hall–Kier alpha value is -0.340. The molecule has 1 heterocycles. The highest BCUT2D eigenvalue weighted by Gasteiger charge is 2.20. The first-order valence-electron chi connectivity index (χ1n) is 5.51. The third kappa shape index (κ3) is 3.90. The van der Waals surface area contributed by atoms with Crippen LogP contribution in [0.4, 0.5) is 5.82 Å². The van der Waals surface area contributed by atoms with Crippen LogP contribution in [0.5, 0.6) is 0 Å². The van der Waals surface area contributed by atoms with E-state index in [9.17, 15) is 8.42 Å². The average Bonchev–Trinajstić information content (AvgIpc) is 2.38. The summed E-state index contributed by atoms with van der Waals surface area (Å²) in [7, 11) is -3.84. The van der Waals surface area contributed by atoms with Crippen molar-refractivity contribution in [3.8, 4) is 0 Å². The summed E-state index contributed by atoms with van der Waals surface area (Å²) in [6.07, 6.45) is 0. The standard InChI is InChI=1S/C12H8Br2Cl2N2O2S/c1-6-9(15)5-10(16)12(17-6)18-21(19,20)11-4-7(13)2-3-8(11)14/h2-5H,1H3,(H,17,18). The maximum absolute atomic E-state index is 12.4. The van der Waals surface area contributed by atoms with Gasteiger partial charge in [-0.15, -0.1) is 0 Å². The van der Waals surface area contributed by atoms with Gasteiger partial charge in [0.05, 0.1) is 15.7 Å². The second-order valence-corrected chi connectivity index (χ2v) is 8.30. The van der Waals surface area contributed by atoms with E-state index in [1.165, 1.54) is 12.1 Å². The molecule has 1 N–H and O–H groups in total. The molecule has 0 aliphatic rings. The second kappa shape index (κ2) is 6.42. The maximum atomic E-state index is 12.4. The van der Waals surface area contributed by atoms with Crippen LogP contribution in [0.2, 0.25) is 10.0 Å².